The topological polar surface area (TPSA) is 60.8 Å². The molecule has 0 bridgehead atoms. The van der Waals surface area contributed by atoms with Crippen molar-refractivity contribution in [3.63, 3.8) is 0 Å². The Morgan fingerprint density at radius 2 is 1.04 bits per heavy atom. The highest BCUT2D eigenvalue weighted by molar-refractivity contribution is 5.76. The van der Waals surface area contributed by atoms with Crippen LogP contribution in [0, 0.1) is 0 Å². The number of hydrogen-bond donors (Lipinski definition) is 2. The number of carbonyl (C=O) groups is 1. The number of nitrogens with zero attached hydrogens (tertiary/aromatic N) is 1. The molecule has 4 nitrogen and oxygen atoms in total. The third-order valence-electron chi connectivity index (χ3n) is 4.77. The molecule has 1 amide bonds. The number of aliphatic hydroxyl groups is 2. The van der Waals surface area contributed by atoms with Crippen molar-refractivity contribution in [2.45, 2.75) is 103 Å². The van der Waals surface area contributed by atoms with Crippen molar-refractivity contribution in [1.82, 2.24) is 4.90 Å². The lowest BCUT2D eigenvalue weighted by Gasteiger charge is -2.22. The van der Waals surface area contributed by atoms with Crippen LogP contribution in [0.3, 0.4) is 0 Å². The monoisotopic (exact) mass is 357 g/mol. The van der Waals surface area contributed by atoms with Crippen LogP contribution >= 0.6 is 0 Å². The maximum atomic E-state index is 12.2. The molecule has 2 N–H and O–H groups in total. The van der Waals surface area contributed by atoms with E-state index in [1.54, 1.807) is 4.90 Å². The van der Waals surface area contributed by atoms with E-state index in [-0.39, 0.29) is 19.1 Å². The third kappa shape index (κ3) is 16.6. The van der Waals surface area contributed by atoms with Gasteiger partial charge < -0.3 is 15.1 Å². The molecule has 0 atom stereocenters. The Labute approximate surface area is 156 Å². The quantitative estimate of drug-likeness (QED) is 0.330. The van der Waals surface area contributed by atoms with Gasteiger partial charge in [-0.3, -0.25) is 4.79 Å². The predicted octanol–water partition coefficient (Wildman–Crippen LogP) is 4.67. The highest BCUT2D eigenvalue weighted by Gasteiger charge is 2.12. The standard InChI is InChI=1S/C21H43NO3/c1-2-3-4-5-6-7-8-9-10-11-12-13-16-21(25)22(17-14-19-23)18-15-20-24/h23-24H,2-20H2,1H3. The molecular formula is C21H43NO3. The van der Waals surface area contributed by atoms with Crippen LogP contribution in [-0.4, -0.2) is 47.3 Å². The van der Waals surface area contributed by atoms with Gasteiger partial charge in [-0.25, -0.2) is 0 Å². The van der Waals surface area contributed by atoms with Crippen LogP contribution in [-0.2, 0) is 4.79 Å². The van der Waals surface area contributed by atoms with Gasteiger partial charge in [0.25, 0.3) is 0 Å². The summed E-state index contributed by atoms with van der Waals surface area (Å²) >= 11 is 0. The minimum atomic E-state index is 0.113. The molecule has 0 aliphatic heterocycles. The molecule has 0 aliphatic rings. The number of aliphatic hydroxyl groups excluding tert-OH is 2. The second kappa shape index (κ2) is 19.7. The molecule has 0 fully saturated rings. The van der Waals surface area contributed by atoms with Gasteiger partial charge in [0.05, 0.1) is 0 Å². The molecule has 0 rings (SSSR count). The van der Waals surface area contributed by atoms with Crippen LogP contribution in [0.15, 0.2) is 0 Å². The minimum absolute atomic E-state index is 0.113. The molecule has 150 valence electrons. The summed E-state index contributed by atoms with van der Waals surface area (Å²) in [6, 6.07) is 0. The molecule has 0 heterocycles. The fourth-order valence-electron chi connectivity index (χ4n) is 3.16. The van der Waals surface area contributed by atoms with Gasteiger partial charge in [0, 0.05) is 32.7 Å². The number of amides is 1. The van der Waals surface area contributed by atoms with Gasteiger partial charge in [-0.1, -0.05) is 77.6 Å². The van der Waals surface area contributed by atoms with Gasteiger partial charge in [-0.05, 0) is 19.3 Å². The Kier molecular flexibility index (Phi) is 19.2. The second-order valence-corrected chi connectivity index (χ2v) is 7.17. The number of carbonyl (C=O) groups excluding carboxylic acids is 1. The highest BCUT2D eigenvalue weighted by atomic mass is 16.3. The Morgan fingerprint density at radius 1 is 0.640 bits per heavy atom. The van der Waals surface area contributed by atoms with Gasteiger partial charge in [0.1, 0.15) is 0 Å². The van der Waals surface area contributed by atoms with Crippen molar-refractivity contribution in [1.29, 1.82) is 0 Å². The SMILES string of the molecule is CCCCCCCCCCCCCCC(=O)N(CCCO)CCCO. The number of hydrogen-bond acceptors (Lipinski definition) is 3. The van der Waals surface area contributed by atoms with E-state index in [0.717, 1.165) is 12.8 Å². The van der Waals surface area contributed by atoms with Crippen molar-refractivity contribution in [3.8, 4) is 0 Å². The van der Waals surface area contributed by atoms with Gasteiger partial charge in [0.2, 0.25) is 5.91 Å². The molecule has 25 heavy (non-hydrogen) atoms. The van der Waals surface area contributed by atoms with Gasteiger partial charge in [-0.15, -0.1) is 0 Å². The fraction of sp³-hybridized carbons (Fsp3) is 0.952. The molecule has 0 unspecified atom stereocenters. The first-order valence-electron chi connectivity index (χ1n) is 10.8. The Bertz CT molecular complexity index is 276. The summed E-state index contributed by atoms with van der Waals surface area (Å²) in [6.45, 7) is 3.69. The number of rotatable bonds is 19. The van der Waals surface area contributed by atoms with E-state index in [0.29, 0.717) is 32.4 Å². The van der Waals surface area contributed by atoms with E-state index in [9.17, 15) is 4.79 Å². The second-order valence-electron chi connectivity index (χ2n) is 7.17. The van der Waals surface area contributed by atoms with Crippen LogP contribution < -0.4 is 0 Å². The lowest BCUT2D eigenvalue weighted by atomic mass is 10.0. The van der Waals surface area contributed by atoms with E-state index >= 15 is 0 Å². The maximum absolute atomic E-state index is 12.2. The largest absolute Gasteiger partial charge is 0.396 e. The van der Waals surface area contributed by atoms with E-state index in [1.807, 2.05) is 0 Å². The van der Waals surface area contributed by atoms with E-state index in [1.165, 1.54) is 64.2 Å². The molecule has 0 aromatic carbocycles. The molecule has 0 saturated heterocycles. The molecule has 0 aromatic rings. The highest BCUT2D eigenvalue weighted by Crippen LogP contribution is 2.13. The zero-order chi connectivity index (χ0) is 18.6. The predicted molar refractivity (Wildman–Crippen MR) is 106 cm³/mol. The number of unbranched alkanes of at least 4 members (excludes halogenated alkanes) is 11. The molecule has 0 aromatic heterocycles. The Balaban J connectivity index is 3.50. The van der Waals surface area contributed by atoms with Gasteiger partial charge in [0.15, 0.2) is 0 Å². The molecular weight excluding hydrogens is 314 g/mol. The molecule has 0 radical (unpaired) electrons. The summed E-state index contributed by atoms with van der Waals surface area (Å²) in [5, 5.41) is 17.8. The van der Waals surface area contributed by atoms with Crippen molar-refractivity contribution >= 4 is 5.91 Å². The lowest BCUT2D eigenvalue weighted by Crippen LogP contribution is -2.33. The molecule has 0 aliphatic carbocycles. The summed E-state index contributed by atoms with van der Waals surface area (Å²) in [5.41, 5.74) is 0. The first-order valence-corrected chi connectivity index (χ1v) is 10.8. The summed E-state index contributed by atoms with van der Waals surface area (Å²) < 4.78 is 0. The molecule has 4 heteroatoms. The zero-order valence-corrected chi connectivity index (χ0v) is 16.7. The smallest absolute Gasteiger partial charge is 0.222 e. The first kappa shape index (κ1) is 24.4. The summed E-state index contributed by atoms with van der Waals surface area (Å²) in [5.74, 6) is 0.175. The third-order valence-corrected chi connectivity index (χ3v) is 4.77. The summed E-state index contributed by atoms with van der Waals surface area (Å²) in [4.78, 5) is 14.0. The van der Waals surface area contributed by atoms with Crippen LogP contribution in [0.2, 0.25) is 0 Å². The first-order chi connectivity index (χ1) is 12.3. The summed E-state index contributed by atoms with van der Waals surface area (Å²) in [7, 11) is 0. The van der Waals surface area contributed by atoms with E-state index in [2.05, 4.69) is 6.92 Å². The molecule has 0 saturated carbocycles. The van der Waals surface area contributed by atoms with Crippen molar-refractivity contribution in [3.05, 3.63) is 0 Å². The van der Waals surface area contributed by atoms with Crippen molar-refractivity contribution in [2.75, 3.05) is 26.3 Å². The van der Waals surface area contributed by atoms with E-state index in [4.69, 9.17) is 10.2 Å². The lowest BCUT2D eigenvalue weighted by molar-refractivity contribution is -0.131. The van der Waals surface area contributed by atoms with Gasteiger partial charge >= 0.3 is 0 Å². The van der Waals surface area contributed by atoms with Crippen molar-refractivity contribution < 1.29 is 15.0 Å². The maximum Gasteiger partial charge on any atom is 0.222 e. The van der Waals surface area contributed by atoms with Crippen LogP contribution in [0.4, 0.5) is 0 Å². The minimum Gasteiger partial charge on any atom is -0.396 e. The average Bonchev–Trinajstić information content (AvgIpc) is 2.62. The van der Waals surface area contributed by atoms with Crippen LogP contribution in [0.1, 0.15) is 103 Å². The van der Waals surface area contributed by atoms with Gasteiger partial charge in [-0.2, -0.15) is 0 Å². The van der Waals surface area contributed by atoms with Crippen LogP contribution in [0.25, 0.3) is 0 Å². The van der Waals surface area contributed by atoms with Crippen molar-refractivity contribution in [2.24, 2.45) is 0 Å². The fourth-order valence-corrected chi connectivity index (χ4v) is 3.16. The average molecular weight is 358 g/mol. The van der Waals surface area contributed by atoms with Crippen LogP contribution in [0.5, 0.6) is 0 Å². The molecule has 0 spiro atoms. The zero-order valence-electron chi connectivity index (χ0n) is 16.7. The Hall–Kier alpha value is -0.610. The normalized spacial score (nSPS) is 11.0. The van der Waals surface area contributed by atoms with E-state index < -0.39 is 0 Å². The Morgan fingerprint density at radius 3 is 1.44 bits per heavy atom. The summed E-state index contributed by atoms with van der Waals surface area (Å²) in [6.07, 6.45) is 17.5.